The highest BCUT2D eigenvalue weighted by molar-refractivity contribution is 5.95. The maximum absolute atomic E-state index is 12.2. The average Bonchev–Trinajstić information content (AvgIpc) is 2.95. The predicted octanol–water partition coefficient (Wildman–Crippen LogP) is 0.294. The van der Waals surface area contributed by atoms with Crippen molar-refractivity contribution < 1.29 is 14.7 Å². The van der Waals surface area contributed by atoms with Crippen molar-refractivity contribution in [1.82, 2.24) is 24.6 Å². The maximum Gasteiger partial charge on any atom is 0.345 e. The van der Waals surface area contributed by atoms with Crippen molar-refractivity contribution in [1.29, 1.82) is 0 Å². The van der Waals surface area contributed by atoms with Crippen LogP contribution in [0.25, 0.3) is 0 Å². The number of aromatic carboxylic acids is 1. The van der Waals surface area contributed by atoms with E-state index in [0.29, 0.717) is 19.5 Å². The molecule has 0 aromatic carbocycles. The summed E-state index contributed by atoms with van der Waals surface area (Å²) in [4.78, 5) is 39.0. The van der Waals surface area contributed by atoms with Crippen molar-refractivity contribution in [2.24, 2.45) is 0 Å². The minimum absolute atomic E-state index is 0.00953. The van der Waals surface area contributed by atoms with Gasteiger partial charge in [0, 0.05) is 32.3 Å². The van der Waals surface area contributed by atoms with Gasteiger partial charge in [-0.25, -0.2) is 14.3 Å². The average molecular weight is 345 g/mol. The fraction of sp³-hybridized carbons (Fsp3) is 0.438. The zero-order valence-corrected chi connectivity index (χ0v) is 13.6. The predicted molar refractivity (Wildman–Crippen MR) is 87.6 cm³/mol. The summed E-state index contributed by atoms with van der Waals surface area (Å²) < 4.78 is 3.15. The Labute approximate surface area is 143 Å². The minimum atomic E-state index is -1.11. The standard InChI is InChI=1S/C16H19N5O4/c22-14(12-10-11(15(23)24)5-7-17-12)18-6-3-9-21-16(25)20-8-2-1-4-13(20)19-21/h5,7,10H,1-4,6,8-9H2,(H,18,22)(H,23,24). The zero-order valence-electron chi connectivity index (χ0n) is 13.6. The van der Waals surface area contributed by atoms with E-state index in [1.54, 1.807) is 4.57 Å². The van der Waals surface area contributed by atoms with E-state index >= 15 is 0 Å². The number of hydrogen-bond acceptors (Lipinski definition) is 5. The lowest BCUT2D eigenvalue weighted by molar-refractivity contribution is 0.0696. The van der Waals surface area contributed by atoms with Gasteiger partial charge in [-0.15, -0.1) is 0 Å². The second-order valence-electron chi connectivity index (χ2n) is 5.88. The molecule has 1 aliphatic heterocycles. The van der Waals surface area contributed by atoms with Crippen LogP contribution < -0.4 is 11.0 Å². The summed E-state index contributed by atoms with van der Waals surface area (Å²) in [6, 6.07) is 2.55. The highest BCUT2D eigenvalue weighted by atomic mass is 16.4. The topological polar surface area (TPSA) is 119 Å². The Morgan fingerprint density at radius 1 is 1.32 bits per heavy atom. The number of carbonyl (C=O) groups excluding carboxylic acids is 1. The van der Waals surface area contributed by atoms with Crippen LogP contribution in [0.15, 0.2) is 23.1 Å². The van der Waals surface area contributed by atoms with Crippen LogP contribution in [0.3, 0.4) is 0 Å². The Balaban J connectivity index is 1.53. The first kappa shape index (κ1) is 16.9. The number of amides is 1. The number of carbonyl (C=O) groups is 2. The molecule has 0 spiro atoms. The Hall–Kier alpha value is -2.97. The molecule has 9 heteroatoms. The van der Waals surface area contributed by atoms with Crippen LogP contribution in [0.1, 0.15) is 45.9 Å². The molecule has 0 fully saturated rings. The van der Waals surface area contributed by atoms with E-state index in [1.807, 2.05) is 0 Å². The van der Waals surface area contributed by atoms with Gasteiger partial charge in [0.25, 0.3) is 5.91 Å². The minimum Gasteiger partial charge on any atom is -0.478 e. The molecular weight excluding hydrogens is 326 g/mol. The molecule has 0 radical (unpaired) electrons. The summed E-state index contributed by atoms with van der Waals surface area (Å²) in [5.74, 6) is -0.728. The normalized spacial score (nSPS) is 13.3. The summed E-state index contributed by atoms with van der Waals surface area (Å²) >= 11 is 0. The van der Waals surface area contributed by atoms with Gasteiger partial charge in [-0.05, 0) is 31.4 Å². The maximum atomic E-state index is 12.2. The summed E-state index contributed by atoms with van der Waals surface area (Å²) in [6.45, 7) is 1.48. The molecule has 2 N–H and O–H groups in total. The van der Waals surface area contributed by atoms with Crippen LogP contribution in [0.5, 0.6) is 0 Å². The molecular formula is C16H19N5O4. The van der Waals surface area contributed by atoms with E-state index in [2.05, 4.69) is 15.4 Å². The van der Waals surface area contributed by atoms with Crippen molar-refractivity contribution in [3.63, 3.8) is 0 Å². The van der Waals surface area contributed by atoms with Gasteiger partial charge in [-0.1, -0.05) is 0 Å². The number of nitrogens with zero attached hydrogens (tertiary/aromatic N) is 4. The van der Waals surface area contributed by atoms with Gasteiger partial charge in [-0.3, -0.25) is 14.3 Å². The van der Waals surface area contributed by atoms with Crippen LogP contribution in [-0.4, -0.2) is 42.9 Å². The molecule has 1 aliphatic rings. The number of carboxylic acid groups (broad SMARTS) is 1. The molecule has 1 amide bonds. The number of hydrogen-bond donors (Lipinski definition) is 2. The van der Waals surface area contributed by atoms with Gasteiger partial charge in [0.15, 0.2) is 0 Å². The highest BCUT2D eigenvalue weighted by Crippen LogP contribution is 2.09. The third-order valence-corrected chi connectivity index (χ3v) is 4.10. The highest BCUT2D eigenvalue weighted by Gasteiger charge is 2.16. The van der Waals surface area contributed by atoms with Gasteiger partial charge in [0.1, 0.15) is 11.5 Å². The van der Waals surface area contributed by atoms with Crippen LogP contribution in [0, 0.1) is 0 Å². The molecule has 0 aliphatic carbocycles. The number of fused-ring (bicyclic) bond motifs is 1. The lowest BCUT2D eigenvalue weighted by atomic mass is 10.2. The van der Waals surface area contributed by atoms with Crippen LogP contribution in [-0.2, 0) is 19.5 Å². The first-order chi connectivity index (χ1) is 12.1. The van der Waals surface area contributed by atoms with E-state index in [0.717, 1.165) is 31.6 Å². The Bertz CT molecular complexity index is 854. The first-order valence-electron chi connectivity index (χ1n) is 8.20. The number of nitrogens with one attached hydrogen (secondary N) is 1. The molecule has 9 nitrogen and oxygen atoms in total. The summed E-state index contributed by atoms with van der Waals surface area (Å²) in [6.07, 6.45) is 4.70. The van der Waals surface area contributed by atoms with Crippen molar-refractivity contribution in [2.75, 3.05) is 6.54 Å². The summed E-state index contributed by atoms with van der Waals surface area (Å²) in [5, 5.41) is 15.9. The molecule has 25 heavy (non-hydrogen) atoms. The summed E-state index contributed by atoms with van der Waals surface area (Å²) in [7, 11) is 0. The van der Waals surface area contributed by atoms with Crippen LogP contribution in [0.4, 0.5) is 0 Å². The SMILES string of the molecule is O=C(O)c1ccnc(C(=O)NCCCn2nc3n(c2=O)CCCC3)c1. The quantitative estimate of drug-likeness (QED) is 0.727. The monoisotopic (exact) mass is 345 g/mol. The van der Waals surface area contributed by atoms with Gasteiger partial charge in [0.2, 0.25) is 0 Å². The van der Waals surface area contributed by atoms with E-state index in [4.69, 9.17) is 5.11 Å². The van der Waals surface area contributed by atoms with E-state index in [9.17, 15) is 14.4 Å². The smallest absolute Gasteiger partial charge is 0.345 e. The molecule has 132 valence electrons. The number of pyridine rings is 1. The molecule has 3 rings (SSSR count). The molecule has 2 aromatic heterocycles. The lowest BCUT2D eigenvalue weighted by Gasteiger charge is -2.09. The fourth-order valence-corrected chi connectivity index (χ4v) is 2.80. The molecule has 0 saturated carbocycles. The van der Waals surface area contributed by atoms with Crippen LogP contribution in [0.2, 0.25) is 0 Å². The van der Waals surface area contributed by atoms with E-state index in [1.165, 1.54) is 23.0 Å². The van der Waals surface area contributed by atoms with E-state index in [-0.39, 0.29) is 16.9 Å². The third-order valence-electron chi connectivity index (χ3n) is 4.10. The zero-order chi connectivity index (χ0) is 17.8. The van der Waals surface area contributed by atoms with Gasteiger partial charge in [0.05, 0.1) is 5.56 Å². The van der Waals surface area contributed by atoms with Crippen molar-refractivity contribution in [3.8, 4) is 0 Å². The molecule has 0 atom stereocenters. The molecule has 0 unspecified atom stereocenters. The van der Waals surface area contributed by atoms with Gasteiger partial charge >= 0.3 is 11.7 Å². The van der Waals surface area contributed by atoms with Gasteiger partial charge in [-0.2, -0.15) is 5.10 Å². The van der Waals surface area contributed by atoms with Gasteiger partial charge < -0.3 is 10.4 Å². The fourth-order valence-electron chi connectivity index (χ4n) is 2.80. The van der Waals surface area contributed by atoms with Crippen molar-refractivity contribution in [2.45, 2.75) is 38.8 Å². The molecule has 2 aromatic rings. The molecule has 3 heterocycles. The second kappa shape index (κ2) is 7.29. The Morgan fingerprint density at radius 2 is 2.16 bits per heavy atom. The first-order valence-corrected chi connectivity index (χ1v) is 8.20. The lowest BCUT2D eigenvalue weighted by Crippen LogP contribution is -2.29. The number of aromatic nitrogens is 4. The Kier molecular flexibility index (Phi) is 4.92. The Morgan fingerprint density at radius 3 is 2.92 bits per heavy atom. The summed E-state index contributed by atoms with van der Waals surface area (Å²) in [5.41, 5.74) is -0.0401. The van der Waals surface area contributed by atoms with Crippen molar-refractivity contribution >= 4 is 11.9 Å². The molecule has 0 saturated heterocycles. The largest absolute Gasteiger partial charge is 0.478 e. The third kappa shape index (κ3) is 3.76. The second-order valence-corrected chi connectivity index (χ2v) is 5.88. The van der Waals surface area contributed by atoms with Crippen molar-refractivity contribution in [3.05, 3.63) is 45.9 Å². The molecule has 0 bridgehead atoms. The number of carboxylic acids is 1. The number of aryl methyl sites for hydroxylation is 2. The number of rotatable bonds is 6. The van der Waals surface area contributed by atoms with E-state index < -0.39 is 11.9 Å². The van der Waals surface area contributed by atoms with Crippen LogP contribution >= 0.6 is 0 Å².